The van der Waals surface area contributed by atoms with Crippen LogP contribution in [0.25, 0.3) is 10.9 Å². The molecule has 5 nitrogen and oxygen atoms in total. The predicted octanol–water partition coefficient (Wildman–Crippen LogP) is 4.60. The third-order valence-corrected chi connectivity index (χ3v) is 5.15. The Morgan fingerprint density at radius 3 is 2.59 bits per heavy atom. The second-order valence-corrected chi connectivity index (χ2v) is 6.99. The first-order valence-corrected chi connectivity index (χ1v) is 9.49. The highest BCUT2D eigenvalue weighted by Crippen LogP contribution is 2.30. The average molecular weight is 382 g/mol. The molecule has 1 amide bonds. The Kier molecular flexibility index (Phi) is 4.13. The van der Waals surface area contributed by atoms with E-state index in [0.717, 1.165) is 24.0 Å². The summed E-state index contributed by atoms with van der Waals surface area (Å²) >= 11 is 0. The van der Waals surface area contributed by atoms with Gasteiger partial charge < -0.3 is 14.6 Å². The van der Waals surface area contributed by atoms with Gasteiger partial charge in [0.05, 0.1) is 11.2 Å². The zero-order chi connectivity index (χ0) is 19.8. The number of carbonyl (C=O) groups excluding carboxylic acids is 1. The maximum absolute atomic E-state index is 13.0. The minimum Gasteiger partial charge on any atom is -0.455 e. The van der Waals surface area contributed by atoms with Crippen molar-refractivity contribution in [3.8, 4) is 11.5 Å². The molecule has 0 unspecified atom stereocenters. The van der Waals surface area contributed by atoms with Crippen molar-refractivity contribution in [2.75, 3.05) is 5.32 Å². The lowest BCUT2D eigenvalue weighted by molar-refractivity contribution is 0.102. The minimum absolute atomic E-state index is 0.131. The van der Waals surface area contributed by atoms with Gasteiger partial charge in [-0.3, -0.25) is 9.59 Å². The summed E-state index contributed by atoms with van der Waals surface area (Å²) in [5.41, 5.74) is 2.47. The number of nitrogens with one attached hydrogen (secondary N) is 1. The number of hydrogen-bond donors (Lipinski definition) is 1. The zero-order valence-electron chi connectivity index (χ0n) is 15.6. The second-order valence-electron chi connectivity index (χ2n) is 6.99. The van der Waals surface area contributed by atoms with E-state index in [-0.39, 0.29) is 11.0 Å². The van der Waals surface area contributed by atoms with Gasteiger partial charge in [-0.2, -0.15) is 0 Å². The van der Waals surface area contributed by atoms with Gasteiger partial charge in [-0.15, -0.1) is 0 Å². The van der Waals surface area contributed by atoms with E-state index in [1.54, 1.807) is 24.4 Å². The Balaban J connectivity index is 1.50. The summed E-state index contributed by atoms with van der Waals surface area (Å²) < 4.78 is 7.90. The van der Waals surface area contributed by atoms with Crippen LogP contribution in [0.4, 0.5) is 5.69 Å². The van der Waals surface area contributed by atoms with Gasteiger partial charge in [0.25, 0.3) is 5.91 Å². The van der Waals surface area contributed by atoms with Crippen molar-refractivity contribution in [3.63, 3.8) is 0 Å². The lowest BCUT2D eigenvalue weighted by atomic mass is 10.1. The van der Waals surface area contributed by atoms with Crippen molar-refractivity contribution < 1.29 is 9.53 Å². The van der Waals surface area contributed by atoms with Crippen molar-refractivity contribution in [1.29, 1.82) is 0 Å². The number of para-hydroxylation sites is 4. The Labute approximate surface area is 167 Å². The molecule has 0 saturated heterocycles. The predicted molar refractivity (Wildman–Crippen MR) is 113 cm³/mol. The van der Waals surface area contributed by atoms with Gasteiger partial charge >= 0.3 is 0 Å². The normalized spacial score (nSPS) is 12.1. The summed E-state index contributed by atoms with van der Waals surface area (Å²) in [7, 11) is 0. The Hall–Kier alpha value is -3.86. The van der Waals surface area contributed by atoms with Crippen LogP contribution in [-0.2, 0) is 13.0 Å². The largest absolute Gasteiger partial charge is 0.455 e. The highest BCUT2D eigenvalue weighted by molar-refractivity contribution is 6.06. The van der Waals surface area contributed by atoms with E-state index in [4.69, 9.17) is 4.74 Å². The number of anilines is 1. The first-order chi connectivity index (χ1) is 14.2. The number of aromatic nitrogens is 1. The molecule has 0 aliphatic carbocycles. The lowest BCUT2D eigenvalue weighted by Gasteiger charge is -2.13. The molecule has 2 heterocycles. The molecule has 1 aromatic heterocycles. The van der Waals surface area contributed by atoms with Crippen LogP contribution in [0.3, 0.4) is 0 Å². The first kappa shape index (κ1) is 17.3. The van der Waals surface area contributed by atoms with E-state index in [1.807, 2.05) is 59.2 Å². The molecular weight excluding hydrogens is 364 g/mol. The first-order valence-electron chi connectivity index (χ1n) is 9.49. The highest BCUT2D eigenvalue weighted by atomic mass is 16.5. The van der Waals surface area contributed by atoms with Crippen LogP contribution in [0.1, 0.15) is 15.9 Å². The molecule has 3 aromatic carbocycles. The average Bonchev–Trinajstić information content (AvgIpc) is 3.17. The Morgan fingerprint density at radius 2 is 1.72 bits per heavy atom. The molecule has 1 aliphatic rings. The molecular formula is C24H18N2O3. The smallest absolute Gasteiger partial charge is 0.261 e. The van der Waals surface area contributed by atoms with Crippen LogP contribution >= 0.6 is 0 Å². The van der Waals surface area contributed by atoms with Crippen molar-refractivity contribution in [2.24, 2.45) is 0 Å². The van der Waals surface area contributed by atoms with Gasteiger partial charge in [0, 0.05) is 18.1 Å². The molecule has 0 radical (unpaired) electrons. The maximum atomic E-state index is 13.0. The molecule has 0 bridgehead atoms. The van der Waals surface area contributed by atoms with Gasteiger partial charge in [-0.05, 0) is 42.3 Å². The fraction of sp³-hybridized carbons (Fsp3) is 0.0833. The van der Waals surface area contributed by atoms with Gasteiger partial charge in [0.2, 0.25) is 5.43 Å². The van der Waals surface area contributed by atoms with Crippen LogP contribution in [0, 0.1) is 0 Å². The van der Waals surface area contributed by atoms with E-state index in [0.29, 0.717) is 22.6 Å². The van der Waals surface area contributed by atoms with E-state index in [9.17, 15) is 9.59 Å². The molecule has 1 N–H and O–H groups in total. The topological polar surface area (TPSA) is 60.3 Å². The summed E-state index contributed by atoms with van der Waals surface area (Å²) in [6, 6.07) is 22.2. The standard InChI is InChI=1S/C24H18N2O3/c27-23-18-10-6-7-16-13-14-26(22(16)18)15-19(23)24(28)25-20-11-4-5-12-21(20)29-17-8-2-1-3-9-17/h1-12,15H,13-14H2,(H,25,28). The van der Waals surface area contributed by atoms with E-state index >= 15 is 0 Å². The summed E-state index contributed by atoms with van der Waals surface area (Å²) in [4.78, 5) is 26.0. The highest BCUT2D eigenvalue weighted by Gasteiger charge is 2.21. The zero-order valence-corrected chi connectivity index (χ0v) is 15.6. The molecule has 0 spiro atoms. The summed E-state index contributed by atoms with van der Waals surface area (Å²) in [6.07, 6.45) is 2.53. The van der Waals surface area contributed by atoms with Crippen LogP contribution in [0.5, 0.6) is 11.5 Å². The molecule has 5 rings (SSSR count). The van der Waals surface area contributed by atoms with E-state index < -0.39 is 5.91 Å². The fourth-order valence-electron chi connectivity index (χ4n) is 3.78. The van der Waals surface area contributed by atoms with Crippen molar-refractivity contribution >= 4 is 22.5 Å². The molecule has 0 fully saturated rings. The van der Waals surface area contributed by atoms with E-state index in [1.165, 1.54) is 0 Å². The number of carbonyl (C=O) groups is 1. The Bertz CT molecular complexity index is 1290. The Morgan fingerprint density at radius 1 is 0.931 bits per heavy atom. The van der Waals surface area contributed by atoms with Crippen molar-refractivity contribution in [2.45, 2.75) is 13.0 Å². The number of benzene rings is 3. The van der Waals surface area contributed by atoms with Gasteiger partial charge in [0.15, 0.2) is 5.75 Å². The number of ether oxygens (including phenoxy) is 1. The van der Waals surface area contributed by atoms with Crippen LogP contribution in [0.15, 0.2) is 83.8 Å². The molecule has 0 atom stereocenters. The lowest BCUT2D eigenvalue weighted by Crippen LogP contribution is -2.23. The second kappa shape index (κ2) is 6.95. The summed E-state index contributed by atoms with van der Waals surface area (Å²) in [5.74, 6) is 0.738. The van der Waals surface area contributed by atoms with E-state index in [2.05, 4.69) is 5.32 Å². The quantitative estimate of drug-likeness (QED) is 0.561. The number of aryl methyl sites for hydroxylation is 2. The van der Waals surface area contributed by atoms with Crippen LogP contribution in [-0.4, -0.2) is 10.5 Å². The molecule has 142 valence electrons. The van der Waals surface area contributed by atoms with Crippen LogP contribution < -0.4 is 15.5 Å². The number of rotatable bonds is 4. The van der Waals surface area contributed by atoms with Crippen molar-refractivity contribution in [3.05, 3.63) is 100 Å². The third kappa shape index (κ3) is 3.06. The van der Waals surface area contributed by atoms with Crippen molar-refractivity contribution in [1.82, 2.24) is 4.57 Å². The number of amides is 1. The SMILES string of the molecule is O=C(Nc1ccccc1Oc1ccccc1)c1cn2c3c(cccc3c1=O)CC2. The monoisotopic (exact) mass is 382 g/mol. The molecule has 4 aromatic rings. The molecule has 1 aliphatic heterocycles. The number of pyridine rings is 1. The minimum atomic E-state index is -0.443. The third-order valence-electron chi connectivity index (χ3n) is 5.15. The van der Waals surface area contributed by atoms with Gasteiger partial charge in [-0.1, -0.05) is 42.5 Å². The molecule has 29 heavy (non-hydrogen) atoms. The molecule has 0 saturated carbocycles. The summed E-state index contributed by atoms with van der Waals surface area (Å²) in [5, 5.41) is 3.43. The van der Waals surface area contributed by atoms with Crippen LogP contribution in [0.2, 0.25) is 0 Å². The molecule has 5 heteroatoms. The number of hydrogen-bond acceptors (Lipinski definition) is 3. The maximum Gasteiger partial charge on any atom is 0.261 e. The summed E-state index contributed by atoms with van der Waals surface area (Å²) in [6.45, 7) is 0.768. The van der Waals surface area contributed by atoms with Gasteiger partial charge in [-0.25, -0.2) is 0 Å². The van der Waals surface area contributed by atoms with Gasteiger partial charge in [0.1, 0.15) is 11.3 Å². The fourth-order valence-corrected chi connectivity index (χ4v) is 3.78. The number of nitrogens with zero attached hydrogens (tertiary/aromatic N) is 1.